The van der Waals surface area contributed by atoms with Gasteiger partial charge >= 0.3 is 0 Å². The molecule has 2 N–H and O–H groups in total. The third-order valence-electron chi connectivity index (χ3n) is 3.75. The van der Waals surface area contributed by atoms with Gasteiger partial charge in [-0.15, -0.1) is 11.3 Å². The van der Waals surface area contributed by atoms with Gasteiger partial charge in [-0.05, 0) is 60.3 Å². The Bertz CT molecular complexity index is 1090. The lowest BCUT2D eigenvalue weighted by atomic mass is 10.1. The Balaban J connectivity index is 1.65. The van der Waals surface area contributed by atoms with E-state index in [1.807, 2.05) is 24.3 Å². The van der Waals surface area contributed by atoms with Crippen LogP contribution in [0.15, 0.2) is 79.8 Å². The van der Waals surface area contributed by atoms with Crippen LogP contribution in [0.1, 0.15) is 22.8 Å². The highest BCUT2D eigenvalue weighted by Crippen LogP contribution is 2.20. The fraction of sp³-hybridized carbons (Fsp3) is 0.0526. The molecular formula is C19H16BrN3O3S2. The summed E-state index contributed by atoms with van der Waals surface area (Å²) in [5, 5.41) is 5.80. The number of carbonyl (C=O) groups excluding carboxylic acids is 1. The Morgan fingerprint density at radius 3 is 2.25 bits per heavy atom. The number of hydrogen-bond donors (Lipinski definition) is 2. The van der Waals surface area contributed by atoms with E-state index in [-0.39, 0.29) is 10.1 Å². The molecule has 0 unspecified atom stereocenters. The molecule has 0 aliphatic carbocycles. The second-order valence-corrected chi connectivity index (χ2v) is 9.53. The number of sulfonamides is 1. The van der Waals surface area contributed by atoms with E-state index in [1.165, 1.54) is 30.3 Å². The standard InChI is InChI=1S/C19H16BrN3O3S2/c1-13(14-4-8-16(20)9-5-14)21-22-19(24)15-6-10-17(11-7-15)23-28(25,26)18-3-2-12-27-18/h2-12,23H,1H3,(H,22,24)/b21-13+. The van der Waals surface area contributed by atoms with Crippen LogP contribution >= 0.6 is 27.3 Å². The lowest BCUT2D eigenvalue weighted by Gasteiger charge is -2.07. The minimum atomic E-state index is -3.62. The molecule has 6 nitrogen and oxygen atoms in total. The third-order valence-corrected chi connectivity index (χ3v) is 7.05. The van der Waals surface area contributed by atoms with Crippen LogP contribution in [0, 0.1) is 0 Å². The zero-order chi connectivity index (χ0) is 20.1. The van der Waals surface area contributed by atoms with E-state index in [0.29, 0.717) is 17.0 Å². The number of amides is 1. The SMILES string of the molecule is C/C(=N\NC(=O)c1ccc(NS(=O)(=O)c2cccs2)cc1)c1ccc(Br)cc1. The summed E-state index contributed by atoms with van der Waals surface area (Å²) >= 11 is 4.50. The van der Waals surface area contributed by atoms with E-state index in [4.69, 9.17) is 0 Å². The molecule has 28 heavy (non-hydrogen) atoms. The lowest BCUT2D eigenvalue weighted by molar-refractivity contribution is 0.0955. The average Bonchev–Trinajstić information content (AvgIpc) is 3.22. The third kappa shape index (κ3) is 5.06. The molecule has 0 aliphatic rings. The molecule has 0 fully saturated rings. The Kier molecular flexibility index (Phi) is 6.28. The summed E-state index contributed by atoms with van der Waals surface area (Å²) in [7, 11) is -3.62. The van der Waals surface area contributed by atoms with Gasteiger partial charge in [-0.2, -0.15) is 5.10 Å². The van der Waals surface area contributed by atoms with Gasteiger partial charge in [0.2, 0.25) is 0 Å². The van der Waals surface area contributed by atoms with Gasteiger partial charge in [0.1, 0.15) is 4.21 Å². The first-order valence-electron chi connectivity index (χ1n) is 8.12. The molecule has 3 aromatic rings. The van der Waals surface area contributed by atoms with Crippen LogP contribution in [-0.2, 0) is 10.0 Å². The summed E-state index contributed by atoms with van der Waals surface area (Å²) in [6, 6.07) is 16.9. The highest BCUT2D eigenvalue weighted by atomic mass is 79.9. The van der Waals surface area contributed by atoms with Crippen molar-refractivity contribution in [2.75, 3.05) is 4.72 Å². The highest BCUT2D eigenvalue weighted by molar-refractivity contribution is 9.10. The van der Waals surface area contributed by atoms with E-state index in [2.05, 4.69) is 31.2 Å². The second kappa shape index (κ2) is 8.68. The summed E-state index contributed by atoms with van der Waals surface area (Å²) in [4.78, 5) is 12.3. The molecule has 1 aromatic heterocycles. The number of anilines is 1. The van der Waals surface area contributed by atoms with Crippen LogP contribution < -0.4 is 10.1 Å². The van der Waals surface area contributed by atoms with Crippen molar-refractivity contribution in [2.24, 2.45) is 5.10 Å². The first kappa shape index (κ1) is 20.2. The highest BCUT2D eigenvalue weighted by Gasteiger charge is 2.15. The Morgan fingerprint density at radius 2 is 1.64 bits per heavy atom. The minimum Gasteiger partial charge on any atom is -0.279 e. The Labute approximate surface area is 175 Å². The van der Waals surface area contributed by atoms with Crippen LogP contribution in [0.4, 0.5) is 5.69 Å². The zero-order valence-corrected chi connectivity index (χ0v) is 17.9. The van der Waals surface area contributed by atoms with Crippen LogP contribution in [0.25, 0.3) is 0 Å². The van der Waals surface area contributed by atoms with E-state index in [9.17, 15) is 13.2 Å². The fourth-order valence-electron chi connectivity index (χ4n) is 2.27. The van der Waals surface area contributed by atoms with Crippen molar-refractivity contribution in [3.63, 3.8) is 0 Å². The molecule has 3 rings (SSSR count). The fourth-order valence-corrected chi connectivity index (χ4v) is 4.58. The van der Waals surface area contributed by atoms with Gasteiger partial charge in [-0.25, -0.2) is 13.8 Å². The molecule has 9 heteroatoms. The maximum atomic E-state index is 12.3. The van der Waals surface area contributed by atoms with Gasteiger partial charge in [0.05, 0.1) is 5.71 Å². The van der Waals surface area contributed by atoms with Gasteiger partial charge in [0.25, 0.3) is 15.9 Å². The van der Waals surface area contributed by atoms with Crippen LogP contribution in [0.5, 0.6) is 0 Å². The second-order valence-electron chi connectivity index (χ2n) is 5.76. The number of carbonyl (C=O) groups is 1. The molecule has 2 aromatic carbocycles. The average molecular weight is 478 g/mol. The maximum absolute atomic E-state index is 12.3. The van der Waals surface area contributed by atoms with Crippen LogP contribution in [0.3, 0.4) is 0 Å². The molecule has 0 bridgehead atoms. The zero-order valence-electron chi connectivity index (χ0n) is 14.7. The quantitative estimate of drug-likeness (QED) is 0.405. The molecule has 1 heterocycles. The monoisotopic (exact) mass is 477 g/mol. The van der Waals surface area contributed by atoms with E-state index < -0.39 is 10.0 Å². The topological polar surface area (TPSA) is 87.6 Å². The minimum absolute atomic E-state index is 0.229. The van der Waals surface area contributed by atoms with Gasteiger partial charge < -0.3 is 0 Å². The summed E-state index contributed by atoms with van der Waals surface area (Å²) < 4.78 is 28.1. The molecule has 0 aliphatic heterocycles. The Morgan fingerprint density at radius 1 is 1.00 bits per heavy atom. The number of thiophene rings is 1. The van der Waals surface area contributed by atoms with E-state index in [0.717, 1.165) is 21.4 Å². The van der Waals surface area contributed by atoms with Gasteiger partial charge in [-0.3, -0.25) is 9.52 Å². The van der Waals surface area contributed by atoms with Crippen molar-refractivity contribution in [3.8, 4) is 0 Å². The van der Waals surface area contributed by atoms with Crippen molar-refractivity contribution in [2.45, 2.75) is 11.1 Å². The van der Waals surface area contributed by atoms with Gasteiger partial charge in [0.15, 0.2) is 0 Å². The summed E-state index contributed by atoms with van der Waals surface area (Å²) in [5.74, 6) is -0.385. The normalized spacial score (nSPS) is 11.9. The smallest absolute Gasteiger partial charge is 0.271 e. The number of nitrogens with zero attached hydrogens (tertiary/aromatic N) is 1. The molecule has 0 saturated heterocycles. The molecule has 0 spiro atoms. The molecule has 0 radical (unpaired) electrons. The predicted molar refractivity (Wildman–Crippen MR) is 115 cm³/mol. The molecule has 144 valence electrons. The van der Waals surface area contributed by atoms with Crippen molar-refractivity contribution < 1.29 is 13.2 Å². The number of nitrogens with one attached hydrogen (secondary N) is 2. The number of benzene rings is 2. The van der Waals surface area contributed by atoms with Crippen LogP contribution in [0.2, 0.25) is 0 Å². The molecule has 0 atom stereocenters. The van der Waals surface area contributed by atoms with Crippen LogP contribution in [-0.4, -0.2) is 20.0 Å². The first-order valence-corrected chi connectivity index (χ1v) is 11.3. The summed E-state index contributed by atoms with van der Waals surface area (Å²) in [6.07, 6.45) is 0. The number of rotatable bonds is 6. The van der Waals surface area contributed by atoms with Crippen molar-refractivity contribution in [1.82, 2.24) is 5.43 Å². The molecule has 0 saturated carbocycles. The van der Waals surface area contributed by atoms with E-state index >= 15 is 0 Å². The largest absolute Gasteiger partial charge is 0.279 e. The van der Waals surface area contributed by atoms with Crippen molar-refractivity contribution in [3.05, 3.63) is 81.6 Å². The van der Waals surface area contributed by atoms with Crippen molar-refractivity contribution in [1.29, 1.82) is 0 Å². The Hall–Kier alpha value is -2.49. The first-order chi connectivity index (χ1) is 13.3. The van der Waals surface area contributed by atoms with Crippen molar-refractivity contribution >= 4 is 54.6 Å². The maximum Gasteiger partial charge on any atom is 0.271 e. The summed E-state index contributed by atoms with van der Waals surface area (Å²) in [5.41, 5.74) is 4.80. The van der Waals surface area contributed by atoms with E-state index in [1.54, 1.807) is 18.4 Å². The molecule has 1 amide bonds. The lowest BCUT2D eigenvalue weighted by Crippen LogP contribution is -2.19. The number of halogens is 1. The summed E-state index contributed by atoms with van der Waals surface area (Å²) in [6.45, 7) is 1.80. The number of hydrazone groups is 1. The predicted octanol–water partition coefficient (Wildman–Crippen LogP) is 4.47. The van der Waals surface area contributed by atoms with Gasteiger partial charge in [0, 0.05) is 15.7 Å². The molecular weight excluding hydrogens is 462 g/mol. The van der Waals surface area contributed by atoms with Gasteiger partial charge in [-0.1, -0.05) is 34.1 Å². The number of hydrogen-bond acceptors (Lipinski definition) is 5.